The lowest BCUT2D eigenvalue weighted by atomic mass is 9.94. The number of fused-ring (bicyclic) bond motifs is 9. The lowest BCUT2D eigenvalue weighted by Gasteiger charge is -2.26. The molecule has 294 valence electrons. The Balaban J connectivity index is 0.924. The lowest BCUT2D eigenvalue weighted by Crippen LogP contribution is -2.10. The van der Waals surface area contributed by atoms with Crippen molar-refractivity contribution in [1.82, 2.24) is 4.57 Å². The van der Waals surface area contributed by atoms with Gasteiger partial charge >= 0.3 is 0 Å². The van der Waals surface area contributed by atoms with Crippen molar-refractivity contribution in [3.8, 4) is 50.6 Å². The quantitative estimate of drug-likeness (QED) is 0.156. The van der Waals surface area contributed by atoms with Gasteiger partial charge in [-0.3, -0.25) is 0 Å². The maximum absolute atomic E-state index is 6.41. The van der Waals surface area contributed by atoms with E-state index in [1.54, 1.807) is 0 Å². The van der Waals surface area contributed by atoms with Crippen molar-refractivity contribution in [1.29, 1.82) is 0 Å². The second-order valence-electron chi connectivity index (χ2n) is 16.5. The largest absolute Gasteiger partial charge is 0.453 e. The van der Waals surface area contributed by atoms with Crippen LogP contribution in [0.2, 0.25) is 0 Å². The zero-order chi connectivity index (χ0) is 41.4. The summed E-state index contributed by atoms with van der Waals surface area (Å²) in [6.07, 6.45) is 0. The summed E-state index contributed by atoms with van der Waals surface area (Å²) in [6.45, 7) is 0. The Bertz CT molecular complexity index is 3770. The minimum atomic E-state index is 0.871. The van der Waals surface area contributed by atoms with Crippen molar-refractivity contribution < 1.29 is 4.74 Å². The van der Waals surface area contributed by atoms with Crippen LogP contribution >= 0.6 is 0 Å². The predicted octanol–water partition coefficient (Wildman–Crippen LogP) is 16.8. The summed E-state index contributed by atoms with van der Waals surface area (Å²) in [6, 6.07) is 83.6. The van der Waals surface area contributed by atoms with E-state index in [0.29, 0.717) is 0 Å². The maximum atomic E-state index is 6.41. The molecular weight excluding hydrogens is 765 g/mol. The summed E-state index contributed by atoms with van der Waals surface area (Å²) in [5.74, 6) is 1.75. The Morgan fingerprint density at radius 2 is 0.937 bits per heavy atom. The van der Waals surface area contributed by atoms with Gasteiger partial charge in [0.1, 0.15) is 0 Å². The number of ether oxygens (including phenoxy) is 1. The van der Waals surface area contributed by atoms with E-state index in [9.17, 15) is 0 Å². The van der Waals surface area contributed by atoms with Crippen molar-refractivity contribution in [2.45, 2.75) is 0 Å². The zero-order valence-electron chi connectivity index (χ0n) is 34.2. The number of hydrogen-bond acceptors (Lipinski definition) is 2. The van der Waals surface area contributed by atoms with Crippen molar-refractivity contribution in [3.05, 3.63) is 231 Å². The van der Waals surface area contributed by atoms with Crippen LogP contribution in [0.3, 0.4) is 0 Å². The highest BCUT2D eigenvalue weighted by Gasteiger charge is 2.24. The van der Waals surface area contributed by atoms with Crippen LogP contribution in [0.4, 0.5) is 17.1 Å². The van der Waals surface area contributed by atoms with Crippen LogP contribution in [0.25, 0.3) is 93.2 Å². The summed E-state index contributed by atoms with van der Waals surface area (Å²) in [5.41, 5.74) is 13.7. The first-order valence-electron chi connectivity index (χ1n) is 21.6. The molecule has 2 heterocycles. The maximum Gasteiger partial charge on any atom is 0.152 e. The zero-order valence-corrected chi connectivity index (χ0v) is 34.2. The molecule has 0 fully saturated rings. The highest BCUT2D eigenvalue weighted by atomic mass is 16.5. The Morgan fingerprint density at radius 1 is 0.317 bits per heavy atom. The molecule has 0 spiro atoms. The summed E-state index contributed by atoms with van der Waals surface area (Å²) >= 11 is 0. The molecule has 12 aromatic rings. The van der Waals surface area contributed by atoms with E-state index in [4.69, 9.17) is 4.74 Å². The van der Waals surface area contributed by atoms with Crippen LogP contribution in [0, 0.1) is 0 Å². The van der Waals surface area contributed by atoms with Gasteiger partial charge in [0.2, 0.25) is 0 Å². The van der Waals surface area contributed by atoms with E-state index < -0.39 is 0 Å². The fourth-order valence-corrected chi connectivity index (χ4v) is 9.92. The van der Waals surface area contributed by atoms with Gasteiger partial charge in [-0.15, -0.1) is 0 Å². The number of benzene rings is 11. The minimum absolute atomic E-state index is 0.871. The van der Waals surface area contributed by atoms with E-state index >= 15 is 0 Å². The fraction of sp³-hybridized carbons (Fsp3) is 0. The minimum Gasteiger partial charge on any atom is -0.453 e. The van der Waals surface area contributed by atoms with Crippen molar-refractivity contribution in [2.75, 3.05) is 4.90 Å². The van der Waals surface area contributed by atoms with Crippen LogP contribution in [-0.2, 0) is 0 Å². The van der Waals surface area contributed by atoms with E-state index in [1.165, 1.54) is 70.9 Å². The highest BCUT2D eigenvalue weighted by molar-refractivity contribution is 6.14. The summed E-state index contributed by atoms with van der Waals surface area (Å²) in [5, 5.41) is 9.94. The topological polar surface area (TPSA) is 17.4 Å². The van der Waals surface area contributed by atoms with E-state index in [-0.39, 0.29) is 0 Å². The van der Waals surface area contributed by atoms with Crippen LogP contribution in [0.1, 0.15) is 0 Å². The van der Waals surface area contributed by atoms with Gasteiger partial charge in [-0.2, -0.15) is 0 Å². The molecule has 0 saturated heterocycles. The molecule has 0 unspecified atom stereocenters. The Hall–Kier alpha value is -8.40. The van der Waals surface area contributed by atoms with Gasteiger partial charge in [0.05, 0.1) is 16.7 Å². The number of anilines is 3. The number of rotatable bonds is 6. The number of para-hydroxylation sites is 3. The molecule has 11 aromatic carbocycles. The van der Waals surface area contributed by atoms with Gasteiger partial charge in [-0.25, -0.2) is 0 Å². The Morgan fingerprint density at radius 3 is 1.81 bits per heavy atom. The molecule has 1 aliphatic heterocycles. The number of aromatic nitrogens is 1. The highest BCUT2D eigenvalue weighted by Crippen LogP contribution is 2.46. The van der Waals surface area contributed by atoms with Gasteiger partial charge < -0.3 is 14.2 Å². The first-order valence-corrected chi connectivity index (χ1v) is 21.6. The van der Waals surface area contributed by atoms with Crippen LogP contribution < -0.4 is 9.64 Å². The molecule has 0 N–H and O–H groups in total. The average molecular weight is 803 g/mol. The summed E-state index contributed by atoms with van der Waals surface area (Å²) in [7, 11) is 0. The molecule has 0 radical (unpaired) electrons. The second-order valence-corrected chi connectivity index (χ2v) is 16.5. The van der Waals surface area contributed by atoms with E-state index in [0.717, 1.165) is 50.9 Å². The molecule has 3 nitrogen and oxygen atoms in total. The predicted molar refractivity (Wildman–Crippen MR) is 264 cm³/mol. The van der Waals surface area contributed by atoms with Crippen LogP contribution in [-0.4, -0.2) is 4.57 Å². The van der Waals surface area contributed by atoms with E-state index in [2.05, 4.69) is 228 Å². The van der Waals surface area contributed by atoms with Crippen molar-refractivity contribution >= 4 is 71.2 Å². The molecular formula is C60H38N2O. The first-order chi connectivity index (χ1) is 31.2. The van der Waals surface area contributed by atoms with Gasteiger partial charge in [0, 0.05) is 27.8 Å². The Labute approximate surface area is 364 Å². The summed E-state index contributed by atoms with van der Waals surface area (Å²) < 4.78 is 8.76. The van der Waals surface area contributed by atoms with Gasteiger partial charge in [0.25, 0.3) is 0 Å². The Kier molecular flexibility index (Phi) is 7.91. The molecule has 0 atom stereocenters. The smallest absolute Gasteiger partial charge is 0.152 e. The molecule has 0 amide bonds. The second kappa shape index (κ2) is 14.1. The molecule has 3 heteroatoms. The monoisotopic (exact) mass is 802 g/mol. The fourth-order valence-electron chi connectivity index (χ4n) is 9.92. The van der Waals surface area contributed by atoms with Gasteiger partial charge in [-0.05, 0) is 138 Å². The molecule has 1 aromatic heterocycles. The number of hydrogen-bond donors (Lipinski definition) is 0. The van der Waals surface area contributed by atoms with Crippen LogP contribution in [0.15, 0.2) is 231 Å². The molecule has 0 aliphatic carbocycles. The third kappa shape index (κ3) is 5.75. The molecule has 0 saturated carbocycles. The molecule has 63 heavy (non-hydrogen) atoms. The summed E-state index contributed by atoms with van der Waals surface area (Å²) in [4.78, 5) is 2.38. The van der Waals surface area contributed by atoms with E-state index in [1.807, 2.05) is 12.1 Å². The number of nitrogens with zero attached hydrogens (tertiary/aromatic N) is 2. The first kappa shape index (κ1) is 35.4. The molecule has 13 rings (SSSR count). The van der Waals surface area contributed by atoms with Crippen LogP contribution in [0.5, 0.6) is 11.5 Å². The average Bonchev–Trinajstić information content (AvgIpc) is 3.69. The van der Waals surface area contributed by atoms with Crippen molar-refractivity contribution in [2.24, 2.45) is 0 Å². The molecule has 1 aliphatic rings. The normalized spacial score (nSPS) is 11.9. The third-order valence-electron chi connectivity index (χ3n) is 12.9. The van der Waals surface area contributed by atoms with Crippen molar-refractivity contribution in [3.63, 3.8) is 0 Å². The standard InChI is InChI=1S/C60H38N2O/c1-2-12-43-36-45(23-22-39(43)10-1)40-24-30-47(31-25-40)61(48-32-26-42(27-33-48)51-16-8-17-52-50-15-4-3-11-41(50)28-34-53(51)52)49-14-7-13-44(37-49)46-29-35-56-55(38-46)54-18-9-21-59-60(54)62(56)57-19-5-6-20-58(57)63-59/h1-38H. The third-order valence-corrected chi connectivity index (χ3v) is 12.9. The van der Waals surface area contributed by atoms with Gasteiger partial charge in [0.15, 0.2) is 11.5 Å². The lowest BCUT2D eigenvalue weighted by molar-refractivity contribution is 0.476. The molecule has 0 bridgehead atoms. The SMILES string of the molecule is c1cc(-c2ccc3c(c2)c2cccc4c2n3-c2ccccc2O4)cc(N(c2ccc(-c3ccc4ccccc4c3)cc2)c2ccc(-c3cccc4c3ccc3ccccc34)cc2)c1. The van der Waals surface area contributed by atoms with Gasteiger partial charge in [-0.1, -0.05) is 158 Å².